The van der Waals surface area contributed by atoms with E-state index in [2.05, 4.69) is 5.32 Å². The highest BCUT2D eigenvalue weighted by Gasteiger charge is 2.49. The van der Waals surface area contributed by atoms with E-state index in [9.17, 15) is 19.2 Å². The zero-order chi connectivity index (χ0) is 19.5. The molecule has 3 heterocycles. The molecule has 4 rings (SSSR count). The summed E-state index contributed by atoms with van der Waals surface area (Å²) >= 11 is 0. The van der Waals surface area contributed by atoms with Crippen LogP contribution in [0.2, 0.25) is 0 Å². The molecule has 2 saturated heterocycles. The average Bonchev–Trinajstić information content (AvgIpc) is 2.74. The monoisotopic (exact) mass is 371 g/mol. The Morgan fingerprint density at radius 2 is 1.93 bits per heavy atom. The van der Waals surface area contributed by atoms with Gasteiger partial charge in [0.15, 0.2) is 0 Å². The lowest BCUT2D eigenvalue weighted by Crippen LogP contribution is -2.55. The van der Waals surface area contributed by atoms with E-state index in [4.69, 9.17) is 5.11 Å². The van der Waals surface area contributed by atoms with E-state index in [0.29, 0.717) is 25.2 Å². The van der Waals surface area contributed by atoms with E-state index < -0.39 is 23.3 Å². The zero-order valence-electron chi connectivity index (χ0n) is 15.2. The number of benzene rings is 1. The highest BCUT2D eigenvalue weighted by molar-refractivity contribution is 6.13. The van der Waals surface area contributed by atoms with Crippen LogP contribution in [-0.2, 0) is 24.6 Å². The Kier molecular flexibility index (Phi) is 3.76. The van der Waals surface area contributed by atoms with Crippen LogP contribution in [0.4, 0.5) is 11.4 Å². The molecule has 1 aromatic rings. The fraction of sp³-hybridized carbons (Fsp3) is 0.474. The molecule has 8 nitrogen and oxygen atoms in total. The minimum Gasteiger partial charge on any atom is -0.481 e. The fourth-order valence-corrected chi connectivity index (χ4v) is 4.04. The minimum atomic E-state index is -0.801. The first-order valence-corrected chi connectivity index (χ1v) is 9.00. The molecule has 1 aromatic carbocycles. The number of aliphatic carboxylic acids is 1. The van der Waals surface area contributed by atoms with E-state index in [1.807, 2.05) is 36.9 Å². The van der Waals surface area contributed by atoms with Crippen LogP contribution in [0.25, 0.3) is 0 Å². The maximum absolute atomic E-state index is 13.1. The molecule has 142 valence electrons. The van der Waals surface area contributed by atoms with E-state index in [1.165, 1.54) is 4.90 Å². The zero-order valence-corrected chi connectivity index (χ0v) is 15.2. The van der Waals surface area contributed by atoms with E-state index in [1.54, 1.807) is 0 Å². The van der Waals surface area contributed by atoms with E-state index in [-0.39, 0.29) is 24.2 Å². The molecule has 3 amide bonds. The summed E-state index contributed by atoms with van der Waals surface area (Å²) in [5, 5.41) is 11.4. The lowest BCUT2D eigenvalue weighted by molar-refractivity contribution is -0.142. The molecule has 0 radical (unpaired) electrons. The van der Waals surface area contributed by atoms with Crippen LogP contribution in [-0.4, -0.2) is 47.9 Å². The van der Waals surface area contributed by atoms with Gasteiger partial charge in [-0.1, -0.05) is 0 Å². The van der Waals surface area contributed by atoms with Crippen molar-refractivity contribution in [2.24, 2.45) is 5.92 Å². The van der Waals surface area contributed by atoms with Gasteiger partial charge in [0.2, 0.25) is 17.7 Å². The topological polar surface area (TPSA) is 107 Å². The summed E-state index contributed by atoms with van der Waals surface area (Å²) in [7, 11) is 0. The van der Waals surface area contributed by atoms with Crippen LogP contribution in [0.15, 0.2) is 18.2 Å². The van der Waals surface area contributed by atoms with Crippen molar-refractivity contribution in [1.29, 1.82) is 0 Å². The largest absolute Gasteiger partial charge is 0.481 e. The van der Waals surface area contributed by atoms with Gasteiger partial charge in [-0.3, -0.25) is 29.4 Å². The maximum atomic E-state index is 13.1. The van der Waals surface area contributed by atoms with Crippen LogP contribution in [0.3, 0.4) is 0 Å². The molecular formula is C19H21N3O5. The first-order valence-electron chi connectivity index (χ1n) is 9.00. The van der Waals surface area contributed by atoms with Crippen LogP contribution in [0.1, 0.15) is 32.3 Å². The summed E-state index contributed by atoms with van der Waals surface area (Å²) in [5.74, 6) is -2.10. The second kappa shape index (κ2) is 5.80. The quantitative estimate of drug-likeness (QED) is 0.755. The number of hydrogen-bond acceptors (Lipinski definition) is 5. The molecule has 1 unspecified atom stereocenters. The van der Waals surface area contributed by atoms with Gasteiger partial charge < -0.3 is 10.0 Å². The molecule has 27 heavy (non-hydrogen) atoms. The number of piperidine rings is 1. The molecule has 3 aliphatic rings. The van der Waals surface area contributed by atoms with Crippen LogP contribution in [0, 0.1) is 5.92 Å². The van der Waals surface area contributed by atoms with Crippen molar-refractivity contribution >= 4 is 35.1 Å². The number of anilines is 2. The normalized spacial score (nSPS) is 24.5. The molecule has 2 fully saturated rings. The van der Waals surface area contributed by atoms with Crippen LogP contribution in [0.5, 0.6) is 0 Å². The Balaban J connectivity index is 1.66. The van der Waals surface area contributed by atoms with Crippen molar-refractivity contribution in [3.63, 3.8) is 0 Å². The number of hydrogen-bond donors (Lipinski definition) is 2. The predicted molar refractivity (Wildman–Crippen MR) is 96.5 cm³/mol. The number of carbonyl (C=O) groups is 4. The predicted octanol–water partition coefficient (Wildman–Crippen LogP) is 0.637. The van der Waals surface area contributed by atoms with Crippen LogP contribution >= 0.6 is 0 Å². The Morgan fingerprint density at radius 3 is 2.56 bits per heavy atom. The smallest absolute Gasteiger partial charge is 0.310 e. The van der Waals surface area contributed by atoms with Gasteiger partial charge >= 0.3 is 5.97 Å². The molecule has 0 aromatic heterocycles. The third-order valence-corrected chi connectivity index (χ3v) is 5.78. The second-order valence-corrected chi connectivity index (χ2v) is 7.91. The molecule has 0 bridgehead atoms. The Morgan fingerprint density at radius 1 is 1.22 bits per heavy atom. The van der Waals surface area contributed by atoms with Gasteiger partial charge in [0, 0.05) is 30.9 Å². The standard InChI is InChI=1S/C19H21N3O5/c1-19(2)12-7-11(21-8-10(9-21)17(25)26)3-4-13(12)22(18(19)27)14-5-6-15(23)20-16(14)24/h3-4,7,10,14H,5-6,8-9H2,1-2H3,(H,25,26)(H,20,23,24). The van der Waals surface area contributed by atoms with Gasteiger partial charge in [0.25, 0.3) is 0 Å². The lowest BCUT2D eigenvalue weighted by Gasteiger charge is -2.39. The van der Waals surface area contributed by atoms with Gasteiger partial charge in [-0.2, -0.15) is 0 Å². The SMILES string of the molecule is CC1(C)C(=O)N(C2CCC(=O)NC2=O)c2ccc(N3CC(C(=O)O)C3)cc21. The molecular weight excluding hydrogens is 350 g/mol. The van der Waals surface area contributed by atoms with Gasteiger partial charge in [0.05, 0.1) is 11.3 Å². The summed E-state index contributed by atoms with van der Waals surface area (Å²) in [6.45, 7) is 4.53. The first-order chi connectivity index (χ1) is 12.7. The number of carboxylic acid groups (broad SMARTS) is 1. The van der Waals surface area contributed by atoms with Crippen LogP contribution < -0.4 is 15.1 Å². The molecule has 8 heteroatoms. The summed E-state index contributed by atoms with van der Waals surface area (Å²) in [4.78, 5) is 51.3. The Bertz CT molecular complexity index is 872. The summed E-state index contributed by atoms with van der Waals surface area (Å²) in [6, 6.07) is 4.89. The van der Waals surface area contributed by atoms with Gasteiger partial charge in [-0.25, -0.2) is 0 Å². The first kappa shape index (κ1) is 17.5. The fourth-order valence-electron chi connectivity index (χ4n) is 4.04. The number of imide groups is 1. The third-order valence-electron chi connectivity index (χ3n) is 5.78. The lowest BCUT2D eigenvalue weighted by atomic mass is 9.85. The summed E-state index contributed by atoms with van der Waals surface area (Å²) in [6.07, 6.45) is 0.512. The van der Waals surface area contributed by atoms with Gasteiger partial charge in [-0.15, -0.1) is 0 Å². The molecule has 3 aliphatic heterocycles. The van der Waals surface area contributed by atoms with Crippen molar-refractivity contribution in [3.8, 4) is 0 Å². The van der Waals surface area contributed by atoms with Crippen molar-refractivity contribution in [3.05, 3.63) is 23.8 Å². The van der Waals surface area contributed by atoms with Crippen molar-refractivity contribution < 1.29 is 24.3 Å². The highest BCUT2D eigenvalue weighted by atomic mass is 16.4. The molecule has 0 saturated carbocycles. The Labute approximate surface area is 156 Å². The second-order valence-electron chi connectivity index (χ2n) is 7.91. The number of carbonyl (C=O) groups excluding carboxylic acids is 3. The molecule has 1 atom stereocenters. The molecule has 0 aliphatic carbocycles. The Hall–Kier alpha value is -2.90. The van der Waals surface area contributed by atoms with Crippen molar-refractivity contribution in [2.75, 3.05) is 22.9 Å². The number of rotatable bonds is 3. The third kappa shape index (κ3) is 2.58. The van der Waals surface area contributed by atoms with Gasteiger partial charge in [0.1, 0.15) is 6.04 Å². The molecule has 0 spiro atoms. The number of fused-ring (bicyclic) bond motifs is 1. The minimum absolute atomic E-state index is 0.170. The van der Waals surface area contributed by atoms with Crippen molar-refractivity contribution in [2.45, 2.75) is 38.1 Å². The van der Waals surface area contributed by atoms with Gasteiger partial charge in [-0.05, 0) is 44.0 Å². The number of nitrogens with one attached hydrogen (secondary N) is 1. The average molecular weight is 371 g/mol. The highest BCUT2D eigenvalue weighted by Crippen LogP contribution is 2.45. The number of amides is 3. The maximum Gasteiger partial charge on any atom is 0.310 e. The van der Waals surface area contributed by atoms with E-state index >= 15 is 0 Å². The van der Waals surface area contributed by atoms with E-state index in [0.717, 1.165) is 11.3 Å². The number of carboxylic acids is 1. The summed E-state index contributed by atoms with van der Waals surface area (Å²) in [5.41, 5.74) is 1.56. The van der Waals surface area contributed by atoms with Crippen molar-refractivity contribution in [1.82, 2.24) is 5.32 Å². The molecule has 2 N–H and O–H groups in total. The summed E-state index contributed by atoms with van der Waals surface area (Å²) < 4.78 is 0. The number of nitrogens with zero attached hydrogens (tertiary/aromatic N) is 2.